The van der Waals surface area contributed by atoms with Crippen molar-refractivity contribution in [3.8, 4) is 17.4 Å². The van der Waals surface area contributed by atoms with Crippen molar-refractivity contribution in [1.82, 2.24) is 19.5 Å². The number of benzene rings is 4. The Morgan fingerprint density at radius 3 is 1.76 bits per heavy atom. The second-order valence-corrected chi connectivity index (χ2v) is 8.76. The third kappa shape index (κ3) is 3.23. The van der Waals surface area contributed by atoms with Crippen LogP contribution in [0, 0.1) is 0 Å². The largest absolute Gasteiger partial charge is 0.453 e. The van der Waals surface area contributed by atoms with E-state index in [-0.39, 0.29) is 0 Å². The summed E-state index contributed by atoms with van der Waals surface area (Å²) < 4.78 is 8.23. The van der Waals surface area contributed by atoms with Crippen LogP contribution in [0.15, 0.2) is 104 Å². The first-order chi connectivity index (χ1) is 18.2. The van der Waals surface area contributed by atoms with Crippen molar-refractivity contribution in [1.29, 1.82) is 0 Å². The van der Waals surface area contributed by atoms with Gasteiger partial charge in [-0.05, 0) is 59.7 Å². The standard InChI is InChI=1S/C31H21N5O/c1-3-20-13-15-24-22(17-20)23-18-21(4-2)14-16-25(23)35(24)30-32-19-33-31(34-30)36-26-9-5-7-11-28(26)37-29-12-8-6-10-27(29)36/h3-19H,1-2H2. The van der Waals surface area contributed by atoms with E-state index in [1.165, 1.54) is 0 Å². The van der Waals surface area contributed by atoms with Gasteiger partial charge >= 0.3 is 0 Å². The zero-order valence-electron chi connectivity index (χ0n) is 19.9. The van der Waals surface area contributed by atoms with Crippen LogP contribution in [0.5, 0.6) is 11.5 Å². The minimum absolute atomic E-state index is 0.508. The van der Waals surface area contributed by atoms with Gasteiger partial charge in [0.2, 0.25) is 11.9 Å². The van der Waals surface area contributed by atoms with Crippen LogP contribution in [0.2, 0.25) is 0 Å². The highest BCUT2D eigenvalue weighted by atomic mass is 16.5. The van der Waals surface area contributed by atoms with Crippen LogP contribution in [0.3, 0.4) is 0 Å². The van der Waals surface area contributed by atoms with E-state index in [1.807, 2.05) is 65.6 Å². The molecule has 37 heavy (non-hydrogen) atoms. The van der Waals surface area contributed by atoms with Crippen molar-refractivity contribution in [3.63, 3.8) is 0 Å². The molecule has 2 aromatic heterocycles. The molecule has 0 N–H and O–H groups in total. The molecule has 3 heterocycles. The molecule has 7 rings (SSSR count). The highest BCUT2D eigenvalue weighted by Crippen LogP contribution is 2.49. The maximum Gasteiger partial charge on any atom is 0.239 e. The summed E-state index contributed by atoms with van der Waals surface area (Å²) in [6.07, 6.45) is 5.27. The minimum atomic E-state index is 0.508. The van der Waals surface area contributed by atoms with Crippen molar-refractivity contribution in [2.75, 3.05) is 4.90 Å². The van der Waals surface area contributed by atoms with Gasteiger partial charge in [-0.1, -0.05) is 61.7 Å². The molecular weight excluding hydrogens is 458 g/mol. The molecule has 0 spiro atoms. The third-order valence-electron chi connectivity index (χ3n) is 6.66. The second kappa shape index (κ2) is 8.17. The van der Waals surface area contributed by atoms with Gasteiger partial charge in [-0.25, -0.2) is 9.97 Å². The first-order valence-electron chi connectivity index (χ1n) is 11.9. The zero-order valence-corrected chi connectivity index (χ0v) is 19.9. The van der Waals surface area contributed by atoms with Crippen LogP contribution < -0.4 is 9.64 Å². The number of rotatable bonds is 4. The summed E-state index contributed by atoms with van der Waals surface area (Å²) in [6, 6.07) is 28.3. The Labute approximate surface area is 213 Å². The first-order valence-corrected chi connectivity index (χ1v) is 11.9. The Balaban J connectivity index is 1.48. The molecule has 6 heteroatoms. The normalized spacial score (nSPS) is 12.2. The number of ether oxygens (including phenoxy) is 1. The summed E-state index contributed by atoms with van der Waals surface area (Å²) in [4.78, 5) is 16.2. The predicted molar refractivity (Wildman–Crippen MR) is 149 cm³/mol. The van der Waals surface area contributed by atoms with Gasteiger partial charge in [0, 0.05) is 10.8 Å². The molecule has 176 valence electrons. The van der Waals surface area contributed by atoms with Gasteiger partial charge in [-0.3, -0.25) is 9.47 Å². The Kier molecular flexibility index (Phi) is 4.66. The molecule has 0 aliphatic carbocycles. The van der Waals surface area contributed by atoms with E-state index in [9.17, 15) is 0 Å². The molecule has 0 saturated heterocycles. The lowest BCUT2D eigenvalue weighted by Crippen LogP contribution is -2.19. The molecule has 4 aromatic carbocycles. The fraction of sp³-hybridized carbons (Fsp3) is 0. The Bertz CT molecular complexity index is 1760. The summed E-state index contributed by atoms with van der Waals surface area (Å²) >= 11 is 0. The SMILES string of the molecule is C=Cc1ccc2c(c1)c1cc(C=C)ccc1n2-c1ncnc(N2c3ccccc3Oc3ccccc32)n1. The summed E-state index contributed by atoms with van der Waals surface area (Å²) in [5.74, 6) is 2.53. The highest BCUT2D eigenvalue weighted by molar-refractivity contribution is 6.10. The maximum absolute atomic E-state index is 6.16. The van der Waals surface area contributed by atoms with Crippen LogP contribution in [0.1, 0.15) is 11.1 Å². The number of hydrogen-bond donors (Lipinski definition) is 0. The van der Waals surface area contributed by atoms with E-state index < -0.39 is 0 Å². The monoisotopic (exact) mass is 479 g/mol. The summed E-state index contributed by atoms with van der Waals surface area (Å²) in [7, 11) is 0. The van der Waals surface area contributed by atoms with Gasteiger partial charge < -0.3 is 4.74 Å². The Morgan fingerprint density at radius 1 is 0.649 bits per heavy atom. The third-order valence-corrected chi connectivity index (χ3v) is 6.66. The Hall–Kier alpha value is -5.23. The van der Waals surface area contributed by atoms with Crippen molar-refractivity contribution in [3.05, 3.63) is 116 Å². The van der Waals surface area contributed by atoms with Crippen molar-refractivity contribution < 1.29 is 4.74 Å². The van der Waals surface area contributed by atoms with Gasteiger partial charge in [0.05, 0.1) is 22.4 Å². The lowest BCUT2D eigenvalue weighted by molar-refractivity contribution is 0.476. The summed E-state index contributed by atoms with van der Waals surface area (Å²) in [6.45, 7) is 7.89. The average Bonchev–Trinajstić information content (AvgIpc) is 3.28. The first kappa shape index (κ1) is 21.1. The lowest BCUT2D eigenvalue weighted by Gasteiger charge is -2.30. The van der Waals surface area contributed by atoms with Crippen molar-refractivity contribution in [2.45, 2.75) is 0 Å². The van der Waals surface area contributed by atoms with E-state index in [2.05, 4.69) is 64.1 Å². The van der Waals surface area contributed by atoms with Crippen LogP contribution in [0.25, 0.3) is 39.9 Å². The zero-order chi connectivity index (χ0) is 24.9. The number of aromatic nitrogens is 4. The molecule has 0 unspecified atom stereocenters. The molecular formula is C31H21N5O. The fourth-order valence-electron chi connectivity index (χ4n) is 4.94. The molecule has 0 fully saturated rings. The lowest BCUT2D eigenvalue weighted by atomic mass is 10.1. The van der Waals surface area contributed by atoms with E-state index >= 15 is 0 Å². The molecule has 6 nitrogen and oxygen atoms in total. The number of fused-ring (bicyclic) bond motifs is 5. The molecule has 0 bridgehead atoms. The van der Waals surface area contributed by atoms with Crippen LogP contribution in [-0.2, 0) is 0 Å². The smallest absolute Gasteiger partial charge is 0.239 e. The maximum atomic E-state index is 6.16. The van der Waals surface area contributed by atoms with Crippen LogP contribution >= 0.6 is 0 Å². The summed E-state index contributed by atoms with van der Waals surface area (Å²) in [5.41, 5.74) is 5.84. The number of para-hydroxylation sites is 4. The number of nitrogens with zero attached hydrogens (tertiary/aromatic N) is 5. The van der Waals surface area contributed by atoms with Crippen molar-refractivity contribution in [2.24, 2.45) is 0 Å². The summed E-state index contributed by atoms with van der Waals surface area (Å²) in [5, 5.41) is 2.19. The van der Waals surface area contributed by atoms with E-state index in [1.54, 1.807) is 6.33 Å². The van der Waals surface area contributed by atoms with Gasteiger partial charge in [0.15, 0.2) is 11.5 Å². The number of hydrogen-bond acceptors (Lipinski definition) is 5. The fourth-order valence-corrected chi connectivity index (χ4v) is 4.94. The van der Waals surface area contributed by atoms with Gasteiger partial charge in [-0.2, -0.15) is 4.98 Å². The highest BCUT2D eigenvalue weighted by Gasteiger charge is 2.27. The van der Waals surface area contributed by atoms with Crippen molar-refractivity contribution >= 4 is 51.3 Å². The molecule has 0 saturated carbocycles. The topological polar surface area (TPSA) is 56.1 Å². The second-order valence-electron chi connectivity index (χ2n) is 8.76. The average molecular weight is 480 g/mol. The molecule has 0 amide bonds. The number of anilines is 3. The van der Waals surface area contributed by atoms with E-state index in [0.717, 1.165) is 55.8 Å². The van der Waals surface area contributed by atoms with E-state index in [4.69, 9.17) is 9.72 Å². The van der Waals surface area contributed by atoms with Gasteiger partial charge in [0.25, 0.3) is 0 Å². The Morgan fingerprint density at radius 2 is 1.19 bits per heavy atom. The van der Waals surface area contributed by atoms with Gasteiger partial charge in [0.1, 0.15) is 6.33 Å². The quantitative estimate of drug-likeness (QED) is 0.257. The van der Waals surface area contributed by atoms with Gasteiger partial charge in [-0.15, -0.1) is 0 Å². The van der Waals surface area contributed by atoms with Crippen LogP contribution in [-0.4, -0.2) is 19.5 Å². The molecule has 1 aliphatic rings. The molecule has 0 radical (unpaired) electrons. The van der Waals surface area contributed by atoms with Crippen LogP contribution in [0.4, 0.5) is 17.3 Å². The molecule has 0 atom stereocenters. The minimum Gasteiger partial charge on any atom is -0.453 e. The van der Waals surface area contributed by atoms with E-state index in [0.29, 0.717) is 11.9 Å². The molecule has 1 aliphatic heterocycles. The predicted octanol–water partition coefficient (Wildman–Crippen LogP) is 7.83. The molecule has 6 aromatic rings.